The molecule has 2 N–H and O–H groups in total. The first kappa shape index (κ1) is 18.4. The van der Waals surface area contributed by atoms with E-state index in [4.69, 9.17) is 4.74 Å². The molecular weight excluding hydrogens is 266 g/mol. The summed E-state index contributed by atoms with van der Waals surface area (Å²) in [7, 11) is 0. The number of carbonyl (C=O) groups is 1. The molecule has 4 nitrogen and oxygen atoms in total. The first-order valence-electron chi connectivity index (χ1n) is 8.40. The lowest BCUT2D eigenvalue weighted by Crippen LogP contribution is -2.50. The van der Waals surface area contributed by atoms with Crippen LogP contribution in [0.4, 0.5) is 0 Å². The molecular formula is C17H33NO3. The monoisotopic (exact) mass is 299 g/mol. The van der Waals surface area contributed by atoms with Crippen LogP contribution < -0.4 is 5.32 Å². The average molecular weight is 299 g/mol. The Morgan fingerprint density at radius 3 is 2.62 bits per heavy atom. The predicted octanol–water partition coefficient (Wildman–Crippen LogP) is 3.31. The Morgan fingerprint density at radius 2 is 2.10 bits per heavy atom. The Kier molecular flexibility index (Phi) is 7.14. The fourth-order valence-corrected chi connectivity index (χ4v) is 3.38. The van der Waals surface area contributed by atoms with Crippen molar-refractivity contribution in [2.75, 3.05) is 13.2 Å². The van der Waals surface area contributed by atoms with Gasteiger partial charge < -0.3 is 15.2 Å². The van der Waals surface area contributed by atoms with E-state index in [9.17, 15) is 9.90 Å². The van der Waals surface area contributed by atoms with E-state index in [1.807, 2.05) is 6.92 Å². The summed E-state index contributed by atoms with van der Waals surface area (Å²) in [6, 6.07) is 0. The minimum absolute atomic E-state index is 0.286. The van der Waals surface area contributed by atoms with E-state index < -0.39 is 11.5 Å². The Labute approximate surface area is 129 Å². The zero-order valence-electron chi connectivity index (χ0n) is 14.3. The number of carboxylic acids is 1. The van der Waals surface area contributed by atoms with Crippen molar-refractivity contribution in [3.8, 4) is 0 Å². The lowest BCUT2D eigenvalue weighted by Gasteiger charge is -2.37. The molecule has 1 aliphatic rings. The SMILES string of the molecule is CCNC(C)(CCOC1CC(C)CCC1C(C)C)C(=O)O. The molecule has 4 unspecified atom stereocenters. The zero-order valence-corrected chi connectivity index (χ0v) is 14.3. The summed E-state index contributed by atoms with van der Waals surface area (Å²) in [6.45, 7) is 11.6. The van der Waals surface area contributed by atoms with Gasteiger partial charge in [0.1, 0.15) is 5.54 Å². The Morgan fingerprint density at radius 1 is 1.43 bits per heavy atom. The van der Waals surface area contributed by atoms with E-state index in [1.54, 1.807) is 6.92 Å². The van der Waals surface area contributed by atoms with Gasteiger partial charge >= 0.3 is 5.97 Å². The van der Waals surface area contributed by atoms with Gasteiger partial charge in [-0.3, -0.25) is 4.79 Å². The molecule has 1 rings (SSSR count). The number of hydrogen-bond acceptors (Lipinski definition) is 3. The van der Waals surface area contributed by atoms with Gasteiger partial charge in [-0.15, -0.1) is 0 Å². The number of hydrogen-bond donors (Lipinski definition) is 2. The Balaban J connectivity index is 2.53. The third-order valence-electron chi connectivity index (χ3n) is 4.93. The van der Waals surface area contributed by atoms with E-state index in [0.29, 0.717) is 37.3 Å². The number of aliphatic carboxylic acids is 1. The average Bonchev–Trinajstić information content (AvgIpc) is 2.38. The van der Waals surface area contributed by atoms with Crippen LogP contribution in [0, 0.1) is 17.8 Å². The van der Waals surface area contributed by atoms with Crippen molar-refractivity contribution in [1.29, 1.82) is 0 Å². The molecule has 0 aromatic heterocycles. The molecule has 1 saturated carbocycles. The van der Waals surface area contributed by atoms with E-state index in [1.165, 1.54) is 12.8 Å². The molecule has 4 heteroatoms. The van der Waals surface area contributed by atoms with Gasteiger partial charge in [0, 0.05) is 6.61 Å². The molecule has 0 radical (unpaired) electrons. The van der Waals surface area contributed by atoms with Crippen LogP contribution in [0.25, 0.3) is 0 Å². The Hall–Kier alpha value is -0.610. The second kappa shape index (κ2) is 8.14. The molecule has 0 aromatic rings. The van der Waals surface area contributed by atoms with Gasteiger partial charge in [-0.2, -0.15) is 0 Å². The van der Waals surface area contributed by atoms with Crippen LogP contribution in [0.15, 0.2) is 0 Å². The van der Waals surface area contributed by atoms with Gasteiger partial charge in [-0.05, 0) is 50.5 Å². The van der Waals surface area contributed by atoms with Gasteiger partial charge in [0.05, 0.1) is 6.10 Å². The quantitative estimate of drug-likeness (QED) is 0.722. The maximum Gasteiger partial charge on any atom is 0.323 e. The molecule has 0 aliphatic heterocycles. The summed E-state index contributed by atoms with van der Waals surface area (Å²) in [5.74, 6) is 1.15. The van der Waals surface area contributed by atoms with Gasteiger partial charge in [-0.25, -0.2) is 0 Å². The normalized spacial score (nSPS) is 29.3. The second-order valence-electron chi connectivity index (χ2n) is 7.15. The van der Waals surface area contributed by atoms with E-state index in [0.717, 1.165) is 6.42 Å². The van der Waals surface area contributed by atoms with Crippen molar-refractivity contribution in [3.05, 3.63) is 0 Å². The number of ether oxygens (including phenoxy) is 1. The van der Waals surface area contributed by atoms with Gasteiger partial charge in [-0.1, -0.05) is 34.1 Å². The van der Waals surface area contributed by atoms with Crippen LogP contribution in [0.5, 0.6) is 0 Å². The highest BCUT2D eigenvalue weighted by atomic mass is 16.5. The highest BCUT2D eigenvalue weighted by molar-refractivity contribution is 5.78. The fourth-order valence-electron chi connectivity index (χ4n) is 3.38. The first-order chi connectivity index (χ1) is 9.80. The molecule has 124 valence electrons. The molecule has 4 atom stereocenters. The topological polar surface area (TPSA) is 58.6 Å². The minimum atomic E-state index is -0.887. The third kappa shape index (κ3) is 5.26. The van der Waals surface area contributed by atoms with Crippen molar-refractivity contribution in [2.24, 2.45) is 17.8 Å². The second-order valence-corrected chi connectivity index (χ2v) is 7.15. The standard InChI is InChI=1S/C17H33NO3/c1-6-18-17(5,16(19)20)9-10-21-15-11-13(4)7-8-14(15)12(2)3/h12-15,18H,6-11H2,1-5H3,(H,19,20). The highest BCUT2D eigenvalue weighted by Crippen LogP contribution is 2.35. The van der Waals surface area contributed by atoms with Crippen LogP contribution in [0.1, 0.15) is 60.3 Å². The summed E-state index contributed by atoms with van der Waals surface area (Å²) in [6.07, 6.45) is 4.41. The maximum atomic E-state index is 11.4. The summed E-state index contributed by atoms with van der Waals surface area (Å²) < 4.78 is 6.12. The van der Waals surface area contributed by atoms with Gasteiger partial charge in [0.25, 0.3) is 0 Å². The van der Waals surface area contributed by atoms with E-state index in [-0.39, 0.29) is 6.10 Å². The minimum Gasteiger partial charge on any atom is -0.480 e. The van der Waals surface area contributed by atoms with E-state index >= 15 is 0 Å². The highest BCUT2D eigenvalue weighted by Gasteiger charge is 2.34. The molecule has 1 aliphatic carbocycles. The van der Waals surface area contributed by atoms with Crippen LogP contribution in [0.3, 0.4) is 0 Å². The lowest BCUT2D eigenvalue weighted by molar-refractivity contribution is -0.145. The zero-order chi connectivity index (χ0) is 16.0. The molecule has 0 amide bonds. The third-order valence-corrected chi connectivity index (χ3v) is 4.93. The number of rotatable bonds is 8. The summed E-state index contributed by atoms with van der Waals surface area (Å²) in [5, 5.41) is 12.4. The van der Waals surface area contributed by atoms with E-state index in [2.05, 4.69) is 26.1 Å². The van der Waals surface area contributed by atoms with Crippen molar-refractivity contribution in [2.45, 2.75) is 71.9 Å². The number of carboxylic acid groups (broad SMARTS) is 1. The molecule has 0 bridgehead atoms. The maximum absolute atomic E-state index is 11.4. The van der Waals surface area contributed by atoms with Crippen LogP contribution in [0.2, 0.25) is 0 Å². The van der Waals surface area contributed by atoms with Crippen LogP contribution in [-0.2, 0) is 9.53 Å². The predicted molar refractivity (Wildman–Crippen MR) is 85.4 cm³/mol. The molecule has 0 saturated heterocycles. The molecule has 0 heterocycles. The molecule has 0 spiro atoms. The summed E-state index contributed by atoms with van der Waals surface area (Å²) >= 11 is 0. The molecule has 21 heavy (non-hydrogen) atoms. The number of likely N-dealkylation sites (N-methyl/N-ethyl adjacent to an activating group) is 1. The molecule has 0 aromatic carbocycles. The lowest BCUT2D eigenvalue weighted by atomic mass is 9.75. The summed E-state index contributed by atoms with van der Waals surface area (Å²) in [5.41, 5.74) is -0.887. The summed E-state index contributed by atoms with van der Waals surface area (Å²) in [4.78, 5) is 11.4. The van der Waals surface area contributed by atoms with Crippen LogP contribution in [-0.4, -0.2) is 35.9 Å². The van der Waals surface area contributed by atoms with Crippen molar-refractivity contribution < 1.29 is 14.6 Å². The van der Waals surface area contributed by atoms with Gasteiger partial charge in [0.15, 0.2) is 0 Å². The van der Waals surface area contributed by atoms with Crippen molar-refractivity contribution in [1.82, 2.24) is 5.32 Å². The molecule has 1 fully saturated rings. The number of nitrogens with one attached hydrogen (secondary N) is 1. The largest absolute Gasteiger partial charge is 0.480 e. The van der Waals surface area contributed by atoms with Gasteiger partial charge in [0.2, 0.25) is 0 Å². The smallest absolute Gasteiger partial charge is 0.323 e. The first-order valence-corrected chi connectivity index (χ1v) is 8.40. The fraction of sp³-hybridized carbons (Fsp3) is 0.941. The van der Waals surface area contributed by atoms with Crippen molar-refractivity contribution in [3.63, 3.8) is 0 Å². The van der Waals surface area contributed by atoms with Crippen molar-refractivity contribution >= 4 is 5.97 Å². The van der Waals surface area contributed by atoms with Crippen LogP contribution >= 0.6 is 0 Å². The Bertz CT molecular complexity index is 332.